The first-order valence-corrected chi connectivity index (χ1v) is 5.64. The van der Waals surface area contributed by atoms with Crippen molar-refractivity contribution in [2.45, 2.75) is 13.5 Å². The van der Waals surface area contributed by atoms with Crippen molar-refractivity contribution in [3.05, 3.63) is 71.0 Å². The van der Waals surface area contributed by atoms with Gasteiger partial charge in [0.2, 0.25) is 0 Å². The van der Waals surface area contributed by atoms with E-state index in [1.54, 1.807) is 18.2 Å². The molecule has 91 valence electrons. The zero-order valence-electron chi connectivity index (χ0n) is 10.1. The molecule has 0 heterocycles. The van der Waals surface area contributed by atoms with Gasteiger partial charge < -0.3 is 4.84 Å². The standard InChI is InChI=1S/C15H13FNO/c1-12-6-2-3-7-13(12)10-17-18-11-14-8-4-5-9-15(14)16/h2-9H,11H2,1H3. The first-order chi connectivity index (χ1) is 8.77. The van der Waals surface area contributed by atoms with Crippen molar-refractivity contribution in [2.75, 3.05) is 0 Å². The first-order valence-electron chi connectivity index (χ1n) is 5.64. The van der Waals surface area contributed by atoms with Crippen LogP contribution < -0.4 is 0 Å². The number of aryl methyl sites for hydroxylation is 1. The minimum Gasteiger partial charge on any atom is -0.390 e. The summed E-state index contributed by atoms with van der Waals surface area (Å²) in [6, 6.07) is 14.2. The van der Waals surface area contributed by atoms with E-state index in [9.17, 15) is 4.39 Å². The van der Waals surface area contributed by atoms with Crippen molar-refractivity contribution in [3.8, 4) is 0 Å². The second kappa shape index (κ2) is 5.96. The summed E-state index contributed by atoms with van der Waals surface area (Å²) in [5, 5.41) is 3.72. The van der Waals surface area contributed by atoms with E-state index in [0.29, 0.717) is 5.56 Å². The molecular weight excluding hydrogens is 229 g/mol. The highest BCUT2D eigenvalue weighted by atomic mass is 19.1. The number of hydrogen-bond acceptors (Lipinski definition) is 2. The lowest BCUT2D eigenvalue weighted by Crippen LogP contribution is -1.92. The van der Waals surface area contributed by atoms with E-state index >= 15 is 0 Å². The summed E-state index contributed by atoms with van der Waals surface area (Å²) in [5.41, 5.74) is 2.41. The molecule has 0 saturated heterocycles. The molecule has 0 aromatic heterocycles. The van der Waals surface area contributed by atoms with Gasteiger partial charge in [0, 0.05) is 11.1 Å². The third-order valence-corrected chi connectivity index (χ3v) is 2.55. The molecule has 0 atom stereocenters. The predicted molar refractivity (Wildman–Crippen MR) is 68.9 cm³/mol. The third-order valence-electron chi connectivity index (χ3n) is 2.55. The maximum Gasteiger partial charge on any atom is 0.145 e. The first kappa shape index (κ1) is 12.3. The van der Waals surface area contributed by atoms with E-state index in [4.69, 9.17) is 4.84 Å². The monoisotopic (exact) mass is 242 g/mol. The van der Waals surface area contributed by atoms with Crippen LogP contribution in [0.1, 0.15) is 16.7 Å². The van der Waals surface area contributed by atoms with Gasteiger partial charge in [-0.1, -0.05) is 47.6 Å². The van der Waals surface area contributed by atoms with Gasteiger partial charge in [-0.25, -0.2) is 4.39 Å². The van der Waals surface area contributed by atoms with Crippen LogP contribution in [0.15, 0.2) is 53.7 Å². The highest BCUT2D eigenvalue weighted by Gasteiger charge is 1.99. The third kappa shape index (κ3) is 3.17. The molecule has 0 bridgehead atoms. The van der Waals surface area contributed by atoms with Crippen molar-refractivity contribution < 1.29 is 9.23 Å². The molecule has 2 rings (SSSR count). The van der Waals surface area contributed by atoms with Crippen LogP contribution in [-0.2, 0) is 11.4 Å². The van der Waals surface area contributed by atoms with E-state index in [-0.39, 0.29) is 12.4 Å². The van der Waals surface area contributed by atoms with Gasteiger partial charge in [0.25, 0.3) is 0 Å². The van der Waals surface area contributed by atoms with Gasteiger partial charge in [-0.2, -0.15) is 0 Å². The summed E-state index contributed by atoms with van der Waals surface area (Å²) >= 11 is 0. The van der Waals surface area contributed by atoms with Crippen LogP contribution in [0.25, 0.3) is 0 Å². The molecule has 0 aliphatic rings. The molecule has 0 amide bonds. The van der Waals surface area contributed by atoms with Crippen LogP contribution in [0.2, 0.25) is 0 Å². The highest BCUT2D eigenvalue weighted by Crippen LogP contribution is 2.08. The molecule has 3 heteroatoms. The summed E-state index contributed by atoms with van der Waals surface area (Å²) in [4.78, 5) is 5.03. The van der Waals surface area contributed by atoms with Crippen LogP contribution in [0.4, 0.5) is 4.39 Å². The van der Waals surface area contributed by atoms with E-state index in [2.05, 4.69) is 11.4 Å². The molecule has 0 spiro atoms. The fourth-order valence-electron chi connectivity index (χ4n) is 1.50. The molecule has 2 nitrogen and oxygen atoms in total. The zero-order chi connectivity index (χ0) is 12.8. The van der Waals surface area contributed by atoms with Gasteiger partial charge in [0.1, 0.15) is 18.6 Å². The fourth-order valence-corrected chi connectivity index (χ4v) is 1.50. The van der Waals surface area contributed by atoms with Gasteiger partial charge in [0.05, 0.1) is 0 Å². The van der Waals surface area contributed by atoms with Crippen LogP contribution >= 0.6 is 0 Å². The Kier molecular flexibility index (Phi) is 4.07. The SMILES string of the molecule is Cc1ccccc1/[C]=N\OCc1ccccc1F. The van der Waals surface area contributed by atoms with Gasteiger partial charge in [-0.15, -0.1) is 0 Å². The molecule has 2 aromatic carbocycles. The Balaban J connectivity index is 1.93. The Morgan fingerprint density at radius 3 is 2.61 bits per heavy atom. The molecule has 0 N–H and O–H groups in total. The second-order valence-electron chi connectivity index (χ2n) is 3.88. The van der Waals surface area contributed by atoms with E-state index < -0.39 is 0 Å². The average molecular weight is 242 g/mol. The molecule has 1 radical (unpaired) electrons. The van der Waals surface area contributed by atoms with Crippen LogP contribution in [0, 0.1) is 12.7 Å². The van der Waals surface area contributed by atoms with Crippen molar-refractivity contribution in [1.82, 2.24) is 0 Å². The number of rotatable bonds is 4. The molecular formula is C15H13FNO. The summed E-state index contributed by atoms with van der Waals surface area (Å²) in [6.07, 6.45) is 2.78. The highest BCUT2D eigenvalue weighted by molar-refractivity contribution is 5.81. The van der Waals surface area contributed by atoms with Gasteiger partial charge >= 0.3 is 0 Å². The summed E-state index contributed by atoms with van der Waals surface area (Å²) in [7, 11) is 0. The molecule has 18 heavy (non-hydrogen) atoms. The van der Waals surface area contributed by atoms with Crippen LogP contribution in [0.3, 0.4) is 0 Å². The van der Waals surface area contributed by atoms with Gasteiger partial charge in [-0.05, 0) is 18.6 Å². The molecule has 2 aromatic rings. The van der Waals surface area contributed by atoms with Crippen molar-refractivity contribution in [2.24, 2.45) is 5.16 Å². The lowest BCUT2D eigenvalue weighted by atomic mass is 10.1. The normalized spacial score (nSPS) is 10.8. The zero-order valence-corrected chi connectivity index (χ0v) is 10.1. The van der Waals surface area contributed by atoms with E-state index in [1.165, 1.54) is 6.07 Å². The van der Waals surface area contributed by atoms with Crippen LogP contribution in [0.5, 0.6) is 0 Å². The Morgan fingerprint density at radius 1 is 1.11 bits per heavy atom. The molecule has 0 aliphatic carbocycles. The lowest BCUT2D eigenvalue weighted by Gasteiger charge is -2.01. The maximum atomic E-state index is 13.3. The van der Waals surface area contributed by atoms with Gasteiger partial charge in [0.15, 0.2) is 0 Å². The summed E-state index contributed by atoms with van der Waals surface area (Å²) < 4.78 is 13.3. The quantitative estimate of drug-likeness (QED) is 0.593. The molecule has 0 unspecified atom stereocenters. The fraction of sp³-hybridized carbons (Fsp3) is 0.133. The van der Waals surface area contributed by atoms with Crippen molar-refractivity contribution >= 4 is 6.21 Å². The summed E-state index contributed by atoms with van der Waals surface area (Å²) in [6.45, 7) is 2.07. The van der Waals surface area contributed by atoms with Crippen LogP contribution in [-0.4, -0.2) is 6.21 Å². The molecule has 0 saturated carbocycles. The molecule has 0 fully saturated rings. The van der Waals surface area contributed by atoms with E-state index in [0.717, 1.165) is 11.1 Å². The molecule has 0 aliphatic heterocycles. The largest absolute Gasteiger partial charge is 0.390 e. The van der Waals surface area contributed by atoms with Crippen molar-refractivity contribution in [1.29, 1.82) is 0 Å². The Bertz CT molecular complexity index is 552. The maximum absolute atomic E-state index is 13.3. The Labute approximate surface area is 106 Å². The number of halogens is 1. The lowest BCUT2D eigenvalue weighted by molar-refractivity contribution is 0.129. The van der Waals surface area contributed by atoms with Gasteiger partial charge in [-0.3, -0.25) is 0 Å². The number of hydrogen-bond donors (Lipinski definition) is 0. The topological polar surface area (TPSA) is 21.6 Å². The Morgan fingerprint density at radius 2 is 1.83 bits per heavy atom. The number of benzene rings is 2. The predicted octanol–water partition coefficient (Wildman–Crippen LogP) is 3.56. The Hall–Kier alpha value is -2.16. The van der Waals surface area contributed by atoms with E-state index in [1.807, 2.05) is 31.2 Å². The second-order valence-corrected chi connectivity index (χ2v) is 3.88. The minimum atomic E-state index is -0.288. The average Bonchev–Trinajstić information content (AvgIpc) is 2.38. The summed E-state index contributed by atoms with van der Waals surface area (Å²) in [5.74, 6) is -0.288. The smallest absolute Gasteiger partial charge is 0.145 e. The minimum absolute atomic E-state index is 0.103. The number of nitrogens with zero attached hydrogens (tertiary/aromatic N) is 1. The van der Waals surface area contributed by atoms with Crippen molar-refractivity contribution in [3.63, 3.8) is 0 Å².